The molecule has 1 heterocycles. The Labute approximate surface area is 208 Å². The zero-order valence-electron chi connectivity index (χ0n) is 18.3. The van der Waals surface area contributed by atoms with Gasteiger partial charge in [0.25, 0.3) is 0 Å². The number of aromatic nitrogens is 1. The lowest BCUT2D eigenvalue weighted by Gasteiger charge is -2.12. The van der Waals surface area contributed by atoms with E-state index in [9.17, 15) is 26.7 Å². The van der Waals surface area contributed by atoms with E-state index in [2.05, 4.69) is 15.5 Å². The summed E-state index contributed by atoms with van der Waals surface area (Å²) in [4.78, 5) is -0.159. The number of thiocarbonyl (C=S) groups is 1. The van der Waals surface area contributed by atoms with Crippen molar-refractivity contribution in [2.75, 3.05) is 5.32 Å². The average Bonchev–Trinajstić information content (AvgIpc) is 3.08. The minimum atomic E-state index is -4.68. The second-order valence-corrected chi connectivity index (χ2v) is 9.59. The molecule has 0 amide bonds. The van der Waals surface area contributed by atoms with Crippen molar-refractivity contribution < 1.29 is 26.7 Å². The van der Waals surface area contributed by atoms with E-state index in [0.717, 1.165) is 10.6 Å². The maximum Gasteiger partial charge on any atom is 0.418 e. The highest BCUT2D eigenvalue weighted by molar-refractivity contribution is 7.89. The molecule has 0 aliphatic rings. The lowest BCUT2D eigenvalue weighted by molar-refractivity contribution is -0.136. The molecule has 36 heavy (non-hydrogen) atoms. The largest absolute Gasteiger partial charge is 0.493 e. The second kappa shape index (κ2) is 9.68. The fraction of sp³-hybridized carbons (Fsp3) is 0.0870. The third kappa shape index (κ3) is 5.37. The Balaban J connectivity index is 1.74. The Morgan fingerprint density at radius 1 is 1.06 bits per heavy atom. The van der Waals surface area contributed by atoms with E-state index in [1.54, 1.807) is 30.3 Å². The first-order chi connectivity index (χ1) is 16.9. The van der Waals surface area contributed by atoms with Gasteiger partial charge in [-0.25, -0.2) is 13.6 Å². The highest BCUT2D eigenvalue weighted by Gasteiger charge is 2.35. The number of hydrogen-bond donors (Lipinski definition) is 3. The van der Waals surface area contributed by atoms with Crippen molar-refractivity contribution in [2.24, 2.45) is 15.4 Å². The Hall–Kier alpha value is -3.81. The van der Waals surface area contributed by atoms with Gasteiger partial charge in [-0.1, -0.05) is 48.5 Å². The van der Waals surface area contributed by atoms with Gasteiger partial charge < -0.3 is 15.0 Å². The van der Waals surface area contributed by atoms with Crippen LogP contribution in [0, 0.1) is 0 Å². The number of aromatic hydroxyl groups is 1. The number of anilines is 1. The SMILES string of the molecule is NS(=O)(=O)c1cccc(NC(=S)N=Nc2c(O)n(Cc3ccccc3)c3c(C(F)(F)F)cccc23)c1. The van der Waals surface area contributed by atoms with Crippen molar-refractivity contribution in [3.63, 3.8) is 0 Å². The molecule has 0 aliphatic heterocycles. The Morgan fingerprint density at radius 2 is 1.75 bits per heavy atom. The molecule has 3 aromatic carbocycles. The van der Waals surface area contributed by atoms with Gasteiger partial charge in [-0.3, -0.25) is 0 Å². The first kappa shape index (κ1) is 25.3. The van der Waals surface area contributed by atoms with Crippen molar-refractivity contribution in [3.8, 4) is 5.88 Å². The number of fused-ring (bicyclic) bond motifs is 1. The van der Waals surface area contributed by atoms with Gasteiger partial charge in [0.2, 0.25) is 21.0 Å². The molecule has 0 fully saturated rings. The van der Waals surface area contributed by atoms with E-state index in [1.807, 2.05) is 0 Å². The van der Waals surface area contributed by atoms with Gasteiger partial charge in [0.05, 0.1) is 22.5 Å². The number of alkyl halides is 3. The molecule has 8 nitrogen and oxygen atoms in total. The molecular formula is C23H18F3N5O3S2. The van der Waals surface area contributed by atoms with Crippen molar-refractivity contribution in [1.82, 2.24) is 4.57 Å². The van der Waals surface area contributed by atoms with Crippen LogP contribution >= 0.6 is 12.2 Å². The highest BCUT2D eigenvalue weighted by Crippen LogP contribution is 2.44. The van der Waals surface area contributed by atoms with E-state index < -0.39 is 27.6 Å². The van der Waals surface area contributed by atoms with Crippen LogP contribution in [-0.2, 0) is 22.7 Å². The van der Waals surface area contributed by atoms with Gasteiger partial charge in [-0.15, -0.1) is 10.2 Å². The second-order valence-electron chi connectivity index (χ2n) is 7.65. The molecule has 0 atom stereocenters. The summed E-state index contributed by atoms with van der Waals surface area (Å²) in [6.45, 7) is -0.0468. The van der Waals surface area contributed by atoms with Crippen LogP contribution in [0.1, 0.15) is 11.1 Å². The predicted molar refractivity (Wildman–Crippen MR) is 133 cm³/mol. The summed E-state index contributed by atoms with van der Waals surface area (Å²) in [5, 5.41) is 26.2. The molecule has 186 valence electrons. The minimum Gasteiger partial charge on any atom is -0.493 e. The maximum absolute atomic E-state index is 13.8. The summed E-state index contributed by atoms with van der Waals surface area (Å²) in [5.74, 6) is -0.520. The molecule has 0 saturated heterocycles. The third-order valence-corrected chi connectivity index (χ3v) is 6.27. The van der Waals surface area contributed by atoms with Crippen LogP contribution in [0.25, 0.3) is 10.9 Å². The predicted octanol–water partition coefficient (Wildman–Crippen LogP) is 5.54. The number of rotatable bonds is 5. The van der Waals surface area contributed by atoms with Crippen molar-refractivity contribution >= 4 is 49.6 Å². The number of primary sulfonamides is 1. The molecule has 4 rings (SSSR count). The van der Waals surface area contributed by atoms with Crippen LogP contribution in [0.2, 0.25) is 0 Å². The smallest absolute Gasteiger partial charge is 0.418 e. The molecule has 0 aliphatic carbocycles. The quantitative estimate of drug-likeness (QED) is 0.230. The molecule has 0 spiro atoms. The van der Waals surface area contributed by atoms with Crippen LogP contribution in [-0.4, -0.2) is 23.2 Å². The number of nitrogens with one attached hydrogen (secondary N) is 1. The Kier molecular flexibility index (Phi) is 6.80. The number of halogens is 3. The van der Waals surface area contributed by atoms with Crippen molar-refractivity contribution in [3.05, 3.63) is 83.9 Å². The number of sulfonamides is 1. The summed E-state index contributed by atoms with van der Waals surface area (Å²) in [5.41, 5.74) is -0.472. The molecule has 4 aromatic rings. The van der Waals surface area contributed by atoms with Gasteiger partial charge in [0.15, 0.2) is 5.69 Å². The van der Waals surface area contributed by atoms with Crippen LogP contribution in [0.5, 0.6) is 5.88 Å². The molecule has 1 aromatic heterocycles. The average molecular weight is 534 g/mol. The van der Waals surface area contributed by atoms with E-state index >= 15 is 0 Å². The lowest BCUT2D eigenvalue weighted by Crippen LogP contribution is -2.13. The maximum atomic E-state index is 13.8. The number of nitrogens with zero attached hydrogens (tertiary/aromatic N) is 3. The summed E-state index contributed by atoms with van der Waals surface area (Å²) in [6.07, 6.45) is -4.68. The zero-order valence-corrected chi connectivity index (χ0v) is 19.9. The normalized spacial score (nSPS) is 12.3. The van der Waals surface area contributed by atoms with Crippen LogP contribution in [0.4, 0.5) is 24.5 Å². The summed E-state index contributed by atoms with van der Waals surface area (Å²) < 4.78 is 65.7. The number of para-hydroxylation sites is 1. The summed E-state index contributed by atoms with van der Waals surface area (Å²) in [7, 11) is -3.95. The monoisotopic (exact) mass is 533 g/mol. The first-order valence-electron chi connectivity index (χ1n) is 10.3. The van der Waals surface area contributed by atoms with Gasteiger partial charge in [-0.2, -0.15) is 13.2 Å². The number of benzene rings is 3. The fourth-order valence-corrected chi connectivity index (χ4v) is 4.34. The Bertz CT molecular complexity index is 1580. The molecular weight excluding hydrogens is 515 g/mol. The van der Waals surface area contributed by atoms with E-state index in [4.69, 9.17) is 17.4 Å². The molecule has 0 radical (unpaired) electrons. The minimum absolute atomic E-state index is 0.0287. The van der Waals surface area contributed by atoms with E-state index in [-0.39, 0.29) is 38.8 Å². The highest BCUT2D eigenvalue weighted by atomic mass is 32.2. The summed E-state index contributed by atoms with van der Waals surface area (Å²) in [6, 6.07) is 17.7. The van der Waals surface area contributed by atoms with Gasteiger partial charge in [0, 0.05) is 11.1 Å². The topological polar surface area (TPSA) is 122 Å². The zero-order chi connectivity index (χ0) is 26.1. The van der Waals surface area contributed by atoms with Gasteiger partial charge in [-0.05, 0) is 42.0 Å². The molecule has 0 unspecified atom stereocenters. The third-order valence-electron chi connectivity index (χ3n) is 5.17. The van der Waals surface area contributed by atoms with Crippen LogP contribution in [0.3, 0.4) is 0 Å². The van der Waals surface area contributed by atoms with Crippen molar-refractivity contribution in [1.29, 1.82) is 0 Å². The van der Waals surface area contributed by atoms with Crippen LogP contribution < -0.4 is 10.5 Å². The van der Waals surface area contributed by atoms with E-state index in [0.29, 0.717) is 5.56 Å². The van der Waals surface area contributed by atoms with Gasteiger partial charge in [0.1, 0.15) is 0 Å². The number of nitrogens with two attached hydrogens (primary N) is 1. The molecule has 0 bridgehead atoms. The molecule has 0 saturated carbocycles. The van der Waals surface area contributed by atoms with Crippen molar-refractivity contribution in [2.45, 2.75) is 17.6 Å². The fourth-order valence-electron chi connectivity index (χ4n) is 3.62. The Morgan fingerprint density at radius 3 is 2.42 bits per heavy atom. The lowest BCUT2D eigenvalue weighted by atomic mass is 10.1. The summed E-state index contributed by atoms with van der Waals surface area (Å²) >= 11 is 5.11. The van der Waals surface area contributed by atoms with E-state index in [1.165, 1.54) is 36.4 Å². The van der Waals surface area contributed by atoms with Gasteiger partial charge >= 0.3 is 6.18 Å². The number of azo groups is 1. The molecule has 4 N–H and O–H groups in total. The standard InChI is InChI=1S/C23H18F3N5O3S2/c24-23(25,26)18-11-5-10-17-19(21(32)31(20(17)18)13-14-6-2-1-3-7-14)29-30-22(35)28-15-8-4-9-16(12-15)36(27,33)34/h1-12,32H,13H2,(H,28,35)(H2,27,33,34). The first-order valence-corrected chi connectivity index (χ1v) is 12.2. The van der Waals surface area contributed by atoms with Crippen LogP contribution in [0.15, 0.2) is 87.9 Å². The number of hydrogen-bond acceptors (Lipinski definition) is 5. The molecule has 13 heteroatoms.